The van der Waals surface area contributed by atoms with Gasteiger partial charge in [-0.3, -0.25) is 4.98 Å². The van der Waals surface area contributed by atoms with Crippen LogP contribution < -0.4 is 0 Å². The average Bonchev–Trinajstić information content (AvgIpc) is 2.86. The Bertz CT molecular complexity index is 464. The smallest absolute Gasteiger partial charge is 0.109 e. The molecule has 3 heteroatoms. The van der Waals surface area contributed by atoms with Crippen molar-refractivity contribution in [2.75, 3.05) is 0 Å². The Morgan fingerprint density at radius 1 is 1.29 bits per heavy atom. The van der Waals surface area contributed by atoms with Gasteiger partial charge in [0.2, 0.25) is 0 Å². The lowest BCUT2D eigenvalue weighted by atomic mass is 9.91. The highest BCUT2D eigenvalue weighted by Gasteiger charge is 2.21. The molecule has 1 N–H and O–H groups in total. The van der Waals surface area contributed by atoms with Gasteiger partial charge in [0.25, 0.3) is 0 Å². The minimum Gasteiger partial charge on any atom is -0.469 e. The van der Waals surface area contributed by atoms with Crippen LogP contribution in [-0.4, -0.2) is 10.1 Å². The van der Waals surface area contributed by atoms with Crippen LogP contribution in [0.15, 0.2) is 41.3 Å². The Morgan fingerprint density at radius 2 is 2.00 bits per heavy atom. The Hall–Kier alpha value is -1.61. The molecule has 2 rings (SSSR count). The largest absolute Gasteiger partial charge is 0.469 e. The molecular weight excluding hydrogens is 214 g/mol. The van der Waals surface area contributed by atoms with E-state index in [0.717, 1.165) is 23.3 Å². The Morgan fingerprint density at radius 3 is 2.65 bits per heavy atom. The van der Waals surface area contributed by atoms with Crippen LogP contribution in [0, 0.1) is 0 Å². The van der Waals surface area contributed by atoms with Crippen molar-refractivity contribution in [3.05, 3.63) is 53.7 Å². The monoisotopic (exact) mass is 231 g/mol. The molecule has 3 nitrogen and oxygen atoms in total. The predicted molar refractivity (Wildman–Crippen MR) is 65.7 cm³/mol. The van der Waals surface area contributed by atoms with Crippen molar-refractivity contribution in [1.29, 1.82) is 0 Å². The van der Waals surface area contributed by atoms with Gasteiger partial charge < -0.3 is 9.52 Å². The molecule has 0 saturated heterocycles. The first kappa shape index (κ1) is 11.9. The van der Waals surface area contributed by atoms with Gasteiger partial charge in [-0.15, -0.1) is 0 Å². The van der Waals surface area contributed by atoms with Gasteiger partial charge in [0.15, 0.2) is 0 Å². The number of hydrogen-bond donors (Lipinski definition) is 1. The van der Waals surface area contributed by atoms with Crippen molar-refractivity contribution in [2.45, 2.75) is 32.3 Å². The van der Waals surface area contributed by atoms with Gasteiger partial charge in [0.1, 0.15) is 5.76 Å². The first-order valence-electron chi connectivity index (χ1n) is 5.88. The predicted octanol–water partition coefficient (Wildman–Crippen LogP) is 3.07. The average molecular weight is 231 g/mol. The van der Waals surface area contributed by atoms with E-state index < -0.39 is 6.10 Å². The van der Waals surface area contributed by atoms with Crippen LogP contribution in [-0.2, 0) is 6.42 Å². The lowest BCUT2D eigenvalue weighted by molar-refractivity contribution is 0.149. The number of aliphatic hydroxyl groups excluding tert-OH is 1. The number of furan rings is 1. The van der Waals surface area contributed by atoms with Crippen molar-refractivity contribution < 1.29 is 9.52 Å². The summed E-state index contributed by atoms with van der Waals surface area (Å²) >= 11 is 0. The van der Waals surface area contributed by atoms with Crippen molar-refractivity contribution in [2.24, 2.45) is 0 Å². The molecule has 2 atom stereocenters. The summed E-state index contributed by atoms with van der Waals surface area (Å²) in [6.45, 7) is 4.03. The Kier molecular flexibility index (Phi) is 3.59. The van der Waals surface area contributed by atoms with E-state index >= 15 is 0 Å². The fraction of sp³-hybridized carbons (Fsp3) is 0.357. The molecule has 0 aliphatic rings. The van der Waals surface area contributed by atoms with E-state index in [1.165, 1.54) is 0 Å². The van der Waals surface area contributed by atoms with Gasteiger partial charge in [-0.05, 0) is 23.8 Å². The van der Waals surface area contributed by atoms with Crippen molar-refractivity contribution in [3.8, 4) is 0 Å². The summed E-state index contributed by atoms with van der Waals surface area (Å²) in [5, 5.41) is 10.4. The maximum atomic E-state index is 10.4. The number of aromatic nitrogens is 1. The zero-order chi connectivity index (χ0) is 12.3. The highest BCUT2D eigenvalue weighted by atomic mass is 16.3. The molecule has 0 aliphatic carbocycles. The molecule has 2 aromatic heterocycles. The van der Waals surface area contributed by atoms with Gasteiger partial charge in [-0.1, -0.05) is 13.8 Å². The van der Waals surface area contributed by atoms with Crippen LogP contribution in [0.25, 0.3) is 0 Å². The standard InChI is InChI=1S/C14H17NO2/c1-3-13-12(6-9-17-13)14(16)10(2)11-4-7-15-8-5-11/h4-10,14,16H,3H2,1-2H3. The molecule has 2 heterocycles. The highest BCUT2D eigenvalue weighted by molar-refractivity contribution is 5.26. The number of hydrogen-bond acceptors (Lipinski definition) is 3. The van der Waals surface area contributed by atoms with E-state index in [9.17, 15) is 5.11 Å². The van der Waals surface area contributed by atoms with Crippen LogP contribution in [0.5, 0.6) is 0 Å². The van der Waals surface area contributed by atoms with E-state index in [-0.39, 0.29) is 5.92 Å². The summed E-state index contributed by atoms with van der Waals surface area (Å²) < 4.78 is 5.35. The zero-order valence-corrected chi connectivity index (χ0v) is 10.1. The van der Waals surface area contributed by atoms with Crippen LogP contribution >= 0.6 is 0 Å². The third-order valence-electron chi connectivity index (χ3n) is 3.13. The molecule has 2 aromatic rings. The first-order valence-corrected chi connectivity index (χ1v) is 5.88. The van der Waals surface area contributed by atoms with Gasteiger partial charge in [0.05, 0.1) is 12.4 Å². The molecular formula is C14H17NO2. The van der Waals surface area contributed by atoms with Gasteiger partial charge in [0, 0.05) is 30.3 Å². The summed E-state index contributed by atoms with van der Waals surface area (Å²) in [6.07, 6.45) is 5.38. The third-order valence-corrected chi connectivity index (χ3v) is 3.13. The number of pyridine rings is 1. The molecule has 2 unspecified atom stereocenters. The maximum Gasteiger partial charge on any atom is 0.109 e. The molecule has 0 bridgehead atoms. The second-order valence-corrected chi connectivity index (χ2v) is 4.17. The second-order valence-electron chi connectivity index (χ2n) is 4.17. The summed E-state index contributed by atoms with van der Waals surface area (Å²) in [4.78, 5) is 3.98. The van der Waals surface area contributed by atoms with Crippen LogP contribution in [0.4, 0.5) is 0 Å². The highest BCUT2D eigenvalue weighted by Crippen LogP contribution is 2.32. The molecule has 0 fully saturated rings. The molecule has 0 amide bonds. The number of aryl methyl sites for hydroxylation is 1. The summed E-state index contributed by atoms with van der Waals surface area (Å²) in [6, 6.07) is 5.71. The SMILES string of the molecule is CCc1occc1C(O)C(C)c1ccncc1. The summed E-state index contributed by atoms with van der Waals surface area (Å²) in [5.41, 5.74) is 1.97. The molecule has 0 spiro atoms. The number of aliphatic hydroxyl groups is 1. The van der Waals surface area contributed by atoms with Crippen molar-refractivity contribution >= 4 is 0 Å². The van der Waals surface area contributed by atoms with E-state index in [1.807, 2.05) is 32.0 Å². The van der Waals surface area contributed by atoms with E-state index in [4.69, 9.17) is 4.42 Å². The molecule has 90 valence electrons. The Balaban J connectivity index is 2.23. The lowest BCUT2D eigenvalue weighted by Gasteiger charge is -2.19. The minimum atomic E-state index is -0.536. The van der Waals surface area contributed by atoms with Crippen LogP contribution in [0.3, 0.4) is 0 Å². The molecule has 0 saturated carbocycles. The summed E-state index contributed by atoms with van der Waals surface area (Å²) in [7, 11) is 0. The second kappa shape index (κ2) is 5.15. The molecule has 17 heavy (non-hydrogen) atoms. The van der Waals surface area contributed by atoms with E-state index in [0.29, 0.717) is 0 Å². The third kappa shape index (κ3) is 2.39. The summed E-state index contributed by atoms with van der Waals surface area (Å²) in [5.74, 6) is 0.888. The zero-order valence-electron chi connectivity index (χ0n) is 10.1. The van der Waals surface area contributed by atoms with Gasteiger partial charge in [-0.2, -0.15) is 0 Å². The van der Waals surface area contributed by atoms with Crippen molar-refractivity contribution in [3.63, 3.8) is 0 Å². The van der Waals surface area contributed by atoms with E-state index in [1.54, 1.807) is 18.7 Å². The number of rotatable bonds is 4. The normalized spacial score (nSPS) is 14.5. The fourth-order valence-corrected chi connectivity index (χ4v) is 2.02. The fourth-order valence-electron chi connectivity index (χ4n) is 2.02. The quantitative estimate of drug-likeness (QED) is 0.879. The van der Waals surface area contributed by atoms with E-state index in [2.05, 4.69) is 4.98 Å². The number of nitrogens with zero attached hydrogens (tertiary/aromatic N) is 1. The molecule has 0 radical (unpaired) electrons. The van der Waals surface area contributed by atoms with Crippen molar-refractivity contribution in [1.82, 2.24) is 4.98 Å². The topological polar surface area (TPSA) is 46.3 Å². The maximum absolute atomic E-state index is 10.4. The minimum absolute atomic E-state index is 0.0286. The molecule has 0 aromatic carbocycles. The first-order chi connectivity index (χ1) is 8.24. The van der Waals surface area contributed by atoms with Gasteiger partial charge >= 0.3 is 0 Å². The molecule has 0 aliphatic heterocycles. The van der Waals surface area contributed by atoms with Crippen LogP contribution in [0.2, 0.25) is 0 Å². The lowest BCUT2D eigenvalue weighted by Crippen LogP contribution is -2.08. The Labute approximate surface area is 101 Å². The van der Waals surface area contributed by atoms with Crippen LogP contribution in [0.1, 0.15) is 42.8 Å². The van der Waals surface area contributed by atoms with Gasteiger partial charge in [-0.25, -0.2) is 0 Å².